The number of carbonyl (C=O) groups excluding carboxylic acids is 1. The second kappa shape index (κ2) is 5.52. The van der Waals surface area contributed by atoms with Gasteiger partial charge in [-0.3, -0.25) is 9.59 Å². The van der Waals surface area contributed by atoms with Crippen molar-refractivity contribution in [1.82, 2.24) is 5.32 Å². The molecule has 5 heteroatoms. The molecule has 0 aromatic rings. The third-order valence-corrected chi connectivity index (χ3v) is 5.74. The molecule has 3 rings (SSSR count). The van der Waals surface area contributed by atoms with E-state index >= 15 is 0 Å². The van der Waals surface area contributed by atoms with Crippen LogP contribution in [-0.2, 0) is 14.3 Å². The summed E-state index contributed by atoms with van der Waals surface area (Å²) in [5.74, 6) is -0.176. The number of aliphatic carboxylic acids is 1. The van der Waals surface area contributed by atoms with Gasteiger partial charge in [-0.1, -0.05) is 13.8 Å². The molecule has 0 aromatic heterocycles. The summed E-state index contributed by atoms with van der Waals surface area (Å²) in [4.78, 5) is 23.3. The molecular weight excluding hydrogens is 282 g/mol. The van der Waals surface area contributed by atoms with Crippen molar-refractivity contribution < 1.29 is 19.4 Å². The monoisotopic (exact) mass is 309 g/mol. The number of rotatable bonds is 5. The maximum Gasteiger partial charge on any atom is 0.306 e. The largest absolute Gasteiger partial charge is 0.481 e. The third-order valence-electron chi connectivity index (χ3n) is 5.74. The van der Waals surface area contributed by atoms with Crippen LogP contribution in [0.3, 0.4) is 0 Å². The van der Waals surface area contributed by atoms with Crippen molar-refractivity contribution in [2.45, 2.75) is 70.4 Å². The number of amides is 1. The molecule has 1 unspecified atom stereocenters. The van der Waals surface area contributed by atoms with E-state index in [1.165, 1.54) is 12.8 Å². The van der Waals surface area contributed by atoms with Gasteiger partial charge in [-0.15, -0.1) is 0 Å². The molecule has 22 heavy (non-hydrogen) atoms. The minimum Gasteiger partial charge on any atom is -0.481 e. The summed E-state index contributed by atoms with van der Waals surface area (Å²) in [6.07, 6.45) is 5.83. The Morgan fingerprint density at radius 1 is 1.23 bits per heavy atom. The normalized spacial score (nSPS) is 35.0. The number of nitrogens with one attached hydrogen (secondary N) is 1. The fourth-order valence-corrected chi connectivity index (χ4v) is 4.15. The number of carboxylic acid groups (broad SMARTS) is 1. The van der Waals surface area contributed by atoms with Crippen LogP contribution in [0.4, 0.5) is 0 Å². The summed E-state index contributed by atoms with van der Waals surface area (Å²) in [5.41, 5.74) is -0.205. The average Bonchev–Trinajstić information content (AvgIpc) is 3.19. The van der Waals surface area contributed by atoms with Gasteiger partial charge in [-0.25, -0.2) is 0 Å². The highest BCUT2D eigenvalue weighted by atomic mass is 16.5. The first-order valence-electron chi connectivity index (χ1n) is 8.46. The molecule has 2 aliphatic carbocycles. The van der Waals surface area contributed by atoms with Crippen molar-refractivity contribution in [2.75, 3.05) is 6.61 Å². The lowest BCUT2D eigenvalue weighted by atomic mass is 9.66. The molecule has 1 heterocycles. The van der Waals surface area contributed by atoms with E-state index in [0.717, 1.165) is 12.8 Å². The van der Waals surface area contributed by atoms with Gasteiger partial charge >= 0.3 is 5.97 Å². The Labute approximate surface area is 131 Å². The Morgan fingerprint density at radius 2 is 1.91 bits per heavy atom. The molecule has 1 spiro atoms. The topological polar surface area (TPSA) is 75.6 Å². The number of carbonyl (C=O) groups is 2. The van der Waals surface area contributed by atoms with Crippen LogP contribution >= 0.6 is 0 Å². The molecule has 5 nitrogen and oxygen atoms in total. The van der Waals surface area contributed by atoms with Gasteiger partial charge < -0.3 is 15.2 Å². The Balaban J connectivity index is 1.48. The van der Waals surface area contributed by atoms with E-state index < -0.39 is 5.97 Å². The highest BCUT2D eigenvalue weighted by Gasteiger charge is 2.51. The van der Waals surface area contributed by atoms with Crippen LogP contribution in [-0.4, -0.2) is 35.2 Å². The molecule has 1 saturated heterocycles. The van der Waals surface area contributed by atoms with Crippen molar-refractivity contribution in [1.29, 1.82) is 0 Å². The molecule has 124 valence electrons. The van der Waals surface area contributed by atoms with Gasteiger partial charge in [0.05, 0.1) is 11.5 Å². The molecule has 3 aliphatic rings. The minimum absolute atomic E-state index is 0.0950. The first kappa shape index (κ1) is 15.8. The zero-order valence-corrected chi connectivity index (χ0v) is 13.6. The van der Waals surface area contributed by atoms with Crippen molar-refractivity contribution in [3.63, 3.8) is 0 Å². The zero-order valence-electron chi connectivity index (χ0n) is 13.6. The summed E-state index contributed by atoms with van der Waals surface area (Å²) in [6, 6.07) is 0.131. The molecule has 0 radical (unpaired) electrons. The van der Waals surface area contributed by atoms with E-state index in [-0.39, 0.29) is 28.9 Å². The predicted octanol–water partition coefficient (Wildman–Crippen LogP) is 2.34. The molecule has 3 fully saturated rings. The Kier molecular flexibility index (Phi) is 3.96. The van der Waals surface area contributed by atoms with Crippen molar-refractivity contribution in [3.05, 3.63) is 0 Å². The fourth-order valence-electron chi connectivity index (χ4n) is 4.15. The van der Waals surface area contributed by atoms with Gasteiger partial charge in [-0.2, -0.15) is 0 Å². The number of carboxylic acids is 1. The van der Waals surface area contributed by atoms with E-state index in [4.69, 9.17) is 9.84 Å². The summed E-state index contributed by atoms with van der Waals surface area (Å²) < 4.78 is 5.83. The van der Waals surface area contributed by atoms with Crippen LogP contribution in [0.1, 0.15) is 58.8 Å². The maximum absolute atomic E-state index is 12.3. The van der Waals surface area contributed by atoms with Crippen molar-refractivity contribution in [3.8, 4) is 0 Å². The van der Waals surface area contributed by atoms with Gasteiger partial charge in [0.2, 0.25) is 5.91 Å². The van der Waals surface area contributed by atoms with Crippen LogP contribution < -0.4 is 5.32 Å². The highest BCUT2D eigenvalue weighted by molar-refractivity contribution is 5.77. The second-order valence-corrected chi connectivity index (χ2v) is 8.17. The van der Waals surface area contributed by atoms with Crippen molar-refractivity contribution >= 4 is 11.9 Å². The molecule has 1 aliphatic heterocycles. The zero-order chi connectivity index (χ0) is 16.0. The molecule has 2 saturated carbocycles. The lowest BCUT2D eigenvalue weighted by Gasteiger charge is -2.50. The first-order valence-corrected chi connectivity index (χ1v) is 8.46. The van der Waals surface area contributed by atoms with Crippen LogP contribution in [0.15, 0.2) is 0 Å². The Morgan fingerprint density at radius 3 is 2.50 bits per heavy atom. The molecule has 0 aromatic carbocycles. The molecule has 2 N–H and O–H groups in total. The highest BCUT2D eigenvalue weighted by Crippen LogP contribution is 2.48. The average molecular weight is 309 g/mol. The number of ether oxygens (including phenoxy) is 1. The van der Waals surface area contributed by atoms with Gasteiger partial charge in [0, 0.05) is 19.1 Å². The van der Waals surface area contributed by atoms with Crippen LogP contribution in [0.2, 0.25) is 0 Å². The second-order valence-electron chi connectivity index (χ2n) is 8.17. The molecule has 0 bridgehead atoms. The van der Waals surface area contributed by atoms with Gasteiger partial charge in [-0.05, 0) is 49.9 Å². The summed E-state index contributed by atoms with van der Waals surface area (Å²) in [5, 5.41) is 12.2. The van der Waals surface area contributed by atoms with Crippen LogP contribution in [0.25, 0.3) is 0 Å². The summed E-state index contributed by atoms with van der Waals surface area (Å²) in [6.45, 7) is 4.97. The predicted molar refractivity (Wildman–Crippen MR) is 81.3 cm³/mol. The van der Waals surface area contributed by atoms with Crippen molar-refractivity contribution in [2.24, 2.45) is 17.3 Å². The Bertz CT molecular complexity index is 463. The lowest BCUT2D eigenvalue weighted by molar-refractivity contribution is -0.182. The standard InChI is InChI=1S/C17H27NO4/c1-16(2,12-3-4-12)10-14(19)18-13-5-6-22-17(9-13)7-11(8-17)15(20)21/h11-13H,3-10H2,1-2H3,(H,18,19)(H,20,21). The summed E-state index contributed by atoms with van der Waals surface area (Å²) >= 11 is 0. The SMILES string of the molecule is CC(C)(CC(=O)NC1CCOC2(C1)CC(C(=O)O)C2)C1CC1. The lowest BCUT2D eigenvalue weighted by Crippen LogP contribution is -2.56. The molecule has 1 amide bonds. The maximum atomic E-state index is 12.3. The molecular formula is C17H27NO4. The quantitative estimate of drug-likeness (QED) is 0.817. The van der Waals surface area contributed by atoms with Gasteiger partial charge in [0.1, 0.15) is 0 Å². The number of hydrogen-bond acceptors (Lipinski definition) is 3. The fraction of sp³-hybridized carbons (Fsp3) is 0.882. The van der Waals surface area contributed by atoms with Gasteiger partial charge in [0.25, 0.3) is 0 Å². The van der Waals surface area contributed by atoms with E-state index in [0.29, 0.717) is 31.8 Å². The van der Waals surface area contributed by atoms with E-state index in [9.17, 15) is 9.59 Å². The van der Waals surface area contributed by atoms with E-state index in [2.05, 4.69) is 19.2 Å². The smallest absolute Gasteiger partial charge is 0.306 e. The Hall–Kier alpha value is -1.10. The minimum atomic E-state index is -0.730. The van der Waals surface area contributed by atoms with E-state index in [1.54, 1.807) is 0 Å². The van der Waals surface area contributed by atoms with Crippen LogP contribution in [0, 0.1) is 17.3 Å². The summed E-state index contributed by atoms with van der Waals surface area (Å²) in [7, 11) is 0. The van der Waals surface area contributed by atoms with Crippen LogP contribution in [0.5, 0.6) is 0 Å². The first-order chi connectivity index (χ1) is 10.3. The van der Waals surface area contributed by atoms with Gasteiger partial charge in [0.15, 0.2) is 0 Å². The molecule has 1 atom stereocenters. The number of hydrogen-bond donors (Lipinski definition) is 2. The third kappa shape index (κ3) is 3.29. The van der Waals surface area contributed by atoms with E-state index in [1.807, 2.05) is 0 Å².